The zero-order valence-corrected chi connectivity index (χ0v) is 6.94. The predicted molar refractivity (Wildman–Crippen MR) is 43.1 cm³/mol. The molecule has 0 aromatic rings. The number of hydrogen-bond donors (Lipinski definition) is 0. The van der Waals surface area contributed by atoms with E-state index in [9.17, 15) is 0 Å². The van der Waals surface area contributed by atoms with Gasteiger partial charge in [0.1, 0.15) is 0 Å². The minimum atomic E-state index is 0.819. The average molecular weight is 127 g/mol. The SMILES string of the molecule is CC.CC1=NCC(C)C1. The van der Waals surface area contributed by atoms with Gasteiger partial charge in [-0.25, -0.2) is 0 Å². The van der Waals surface area contributed by atoms with E-state index in [0.717, 1.165) is 12.5 Å². The van der Waals surface area contributed by atoms with Crippen molar-refractivity contribution in [2.75, 3.05) is 6.54 Å². The van der Waals surface area contributed by atoms with Crippen LogP contribution in [0.15, 0.2) is 4.99 Å². The first-order valence-corrected chi connectivity index (χ1v) is 3.79. The summed E-state index contributed by atoms with van der Waals surface area (Å²) in [6.45, 7) is 9.40. The zero-order valence-electron chi connectivity index (χ0n) is 6.94. The predicted octanol–water partition coefficient (Wildman–Crippen LogP) is 2.51. The van der Waals surface area contributed by atoms with E-state index in [4.69, 9.17) is 0 Å². The molecule has 0 aromatic carbocycles. The molecule has 0 aromatic heterocycles. The van der Waals surface area contributed by atoms with Gasteiger partial charge in [-0.3, -0.25) is 4.99 Å². The average Bonchev–Trinajstić information content (AvgIpc) is 2.20. The third-order valence-electron chi connectivity index (χ3n) is 1.32. The van der Waals surface area contributed by atoms with Gasteiger partial charge in [-0.15, -0.1) is 0 Å². The maximum Gasteiger partial charge on any atom is 0.0417 e. The molecule has 1 heterocycles. The van der Waals surface area contributed by atoms with Crippen molar-refractivity contribution in [2.45, 2.75) is 34.1 Å². The third-order valence-corrected chi connectivity index (χ3v) is 1.32. The van der Waals surface area contributed by atoms with Crippen LogP contribution in [0.25, 0.3) is 0 Å². The zero-order chi connectivity index (χ0) is 7.28. The highest BCUT2D eigenvalue weighted by Crippen LogP contribution is 2.10. The summed E-state index contributed by atoms with van der Waals surface area (Å²) in [4.78, 5) is 4.23. The lowest BCUT2D eigenvalue weighted by atomic mass is 10.1. The highest BCUT2D eigenvalue weighted by atomic mass is 14.8. The van der Waals surface area contributed by atoms with Crippen molar-refractivity contribution in [2.24, 2.45) is 10.9 Å². The van der Waals surface area contributed by atoms with E-state index >= 15 is 0 Å². The van der Waals surface area contributed by atoms with E-state index in [1.54, 1.807) is 0 Å². The Hall–Kier alpha value is -0.330. The summed E-state index contributed by atoms with van der Waals surface area (Å²) in [7, 11) is 0. The molecule has 0 saturated heterocycles. The van der Waals surface area contributed by atoms with E-state index in [1.807, 2.05) is 13.8 Å². The fraction of sp³-hybridized carbons (Fsp3) is 0.875. The van der Waals surface area contributed by atoms with Gasteiger partial charge in [-0.2, -0.15) is 0 Å². The van der Waals surface area contributed by atoms with Crippen LogP contribution in [-0.4, -0.2) is 12.3 Å². The van der Waals surface area contributed by atoms with Crippen molar-refractivity contribution in [1.82, 2.24) is 0 Å². The molecule has 1 rings (SSSR count). The second kappa shape index (κ2) is 4.54. The molecule has 54 valence electrons. The summed E-state index contributed by atoms with van der Waals surface area (Å²) in [5.41, 5.74) is 1.33. The summed E-state index contributed by atoms with van der Waals surface area (Å²) in [6, 6.07) is 0. The Bertz CT molecular complexity index is 94.7. The van der Waals surface area contributed by atoms with Crippen LogP contribution < -0.4 is 0 Å². The Balaban J connectivity index is 0.000000291. The molecule has 0 amide bonds. The highest BCUT2D eigenvalue weighted by molar-refractivity contribution is 5.83. The van der Waals surface area contributed by atoms with E-state index in [2.05, 4.69) is 18.8 Å². The number of nitrogens with zero attached hydrogens (tertiary/aromatic N) is 1. The van der Waals surface area contributed by atoms with E-state index < -0.39 is 0 Å². The van der Waals surface area contributed by atoms with Gasteiger partial charge in [0, 0.05) is 12.3 Å². The molecular formula is C8H17N. The van der Waals surface area contributed by atoms with E-state index in [0.29, 0.717) is 0 Å². The van der Waals surface area contributed by atoms with Crippen LogP contribution in [0.4, 0.5) is 0 Å². The van der Waals surface area contributed by atoms with Crippen molar-refractivity contribution < 1.29 is 0 Å². The fourth-order valence-electron chi connectivity index (χ4n) is 0.945. The lowest BCUT2D eigenvalue weighted by Crippen LogP contribution is -1.91. The van der Waals surface area contributed by atoms with E-state index in [-0.39, 0.29) is 0 Å². The van der Waals surface area contributed by atoms with Crippen LogP contribution in [0.1, 0.15) is 34.1 Å². The van der Waals surface area contributed by atoms with Crippen LogP contribution >= 0.6 is 0 Å². The van der Waals surface area contributed by atoms with Crippen molar-refractivity contribution in [3.05, 3.63) is 0 Å². The molecule has 0 N–H and O–H groups in total. The summed E-state index contributed by atoms with van der Waals surface area (Å²) in [6.07, 6.45) is 1.22. The normalized spacial score (nSPS) is 24.4. The summed E-state index contributed by atoms with van der Waals surface area (Å²) in [5, 5.41) is 0. The Labute approximate surface area is 58.2 Å². The molecule has 1 atom stereocenters. The number of aliphatic imine (C=N–C) groups is 1. The number of rotatable bonds is 0. The minimum absolute atomic E-state index is 0.819. The first kappa shape index (κ1) is 8.67. The molecule has 1 heteroatoms. The highest BCUT2D eigenvalue weighted by Gasteiger charge is 2.08. The van der Waals surface area contributed by atoms with Gasteiger partial charge in [-0.1, -0.05) is 20.8 Å². The Kier molecular flexibility index (Phi) is 4.37. The molecule has 0 aliphatic carbocycles. The molecule has 9 heavy (non-hydrogen) atoms. The monoisotopic (exact) mass is 127 g/mol. The maximum absolute atomic E-state index is 4.23. The Morgan fingerprint density at radius 2 is 2.00 bits per heavy atom. The first-order valence-electron chi connectivity index (χ1n) is 3.79. The molecule has 0 saturated carbocycles. The van der Waals surface area contributed by atoms with Crippen LogP contribution in [0.2, 0.25) is 0 Å². The molecule has 0 fully saturated rings. The second-order valence-corrected chi connectivity index (χ2v) is 2.39. The van der Waals surface area contributed by atoms with Crippen molar-refractivity contribution >= 4 is 5.71 Å². The van der Waals surface area contributed by atoms with Crippen molar-refractivity contribution in [3.63, 3.8) is 0 Å². The van der Waals surface area contributed by atoms with E-state index in [1.165, 1.54) is 12.1 Å². The molecule has 1 unspecified atom stereocenters. The third kappa shape index (κ3) is 3.28. The van der Waals surface area contributed by atoms with Gasteiger partial charge < -0.3 is 0 Å². The van der Waals surface area contributed by atoms with Crippen molar-refractivity contribution in [3.8, 4) is 0 Å². The van der Waals surface area contributed by atoms with Gasteiger partial charge in [-0.05, 0) is 19.3 Å². The second-order valence-electron chi connectivity index (χ2n) is 2.39. The lowest BCUT2D eigenvalue weighted by Gasteiger charge is -1.92. The molecule has 0 bridgehead atoms. The minimum Gasteiger partial charge on any atom is -0.294 e. The van der Waals surface area contributed by atoms with Crippen LogP contribution in [0.5, 0.6) is 0 Å². The fourth-order valence-corrected chi connectivity index (χ4v) is 0.945. The molecule has 1 aliphatic rings. The molecule has 1 nitrogen and oxygen atoms in total. The van der Waals surface area contributed by atoms with Gasteiger partial charge in [0.05, 0.1) is 0 Å². The first-order chi connectivity index (χ1) is 4.29. The quantitative estimate of drug-likeness (QED) is 0.474. The van der Waals surface area contributed by atoms with Gasteiger partial charge in [0.15, 0.2) is 0 Å². The van der Waals surface area contributed by atoms with Crippen molar-refractivity contribution in [1.29, 1.82) is 0 Å². The maximum atomic E-state index is 4.23. The standard InChI is InChI=1S/C6H11N.C2H6/c1-5-3-6(2)7-4-5;1-2/h5H,3-4H2,1-2H3;1-2H3. The van der Waals surface area contributed by atoms with Gasteiger partial charge >= 0.3 is 0 Å². The number of hydrogen-bond acceptors (Lipinski definition) is 1. The molecule has 0 spiro atoms. The summed E-state index contributed by atoms with van der Waals surface area (Å²) >= 11 is 0. The molecule has 1 aliphatic heterocycles. The van der Waals surface area contributed by atoms with Crippen LogP contribution in [0, 0.1) is 5.92 Å². The summed E-state index contributed by atoms with van der Waals surface area (Å²) in [5.74, 6) is 0.819. The largest absolute Gasteiger partial charge is 0.294 e. The van der Waals surface area contributed by atoms with Crippen LogP contribution in [-0.2, 0) is 0 Å². The van der Waals surface area contributed by atoms with Gasteiger partial charge in [0.2, 0.25) is 0 Å². The molecular weight excluding hydrogens is 110 g/mol. The topological polar surface area (TPSA) is 12.4 Å². The Morgan fingerprint density at radius 1 is 1.44 bits per heavy atom. The Morgan fingerprint density at radius 3 is 2.11 bits per heavy atom. The van der Waals surface area contributed by atoms with Crippen LogP contribution in [0.3, 0.4) is 0 Å². The summed E-state index contributed by atoms with van der Waals surface area (Å²) < 4.78 is 0. The smallest absolute Gasteiger partial charge is 0.0417 e. The molecule has 0 radical (unpaired) electrons. The lowest BCUT2D eigenvalue weighted by molar-refractivity contribution is 0.664. The van der Waals surface area contributed by atoms with Gasteiger partial charge in [0.25, 0.3) is 0 Å².